The van der Waals surface area contributed by atoms with Crippen molar-refractivity contribution >= 4 is 5.69 Å². The summed E-state index contributed by atoms with van der Waals surface area (Å²) in [4.78, 5) is 2.54. The summed E-state index contributed by atoms with van der Waals surface area (Å²) in [6.07, 6.45) is 4.51. The van der Waals surface area contributed by atoms with Crippen molar-refractivity contribution in [3.63, 3.8) is 0 Å². The summed E-state index contributed by atoms with van der Waals surface area (Å²) < 4.78 is 0. The van der Waals surface area contributed by atoms with Gasteiger partial charge in [-0.2, -0.15) is 0 Å². The molecule has 0 bridgehead atoms. The summed E-state index contributed by atoms with van der Waals surface area (Å²) in [7, 11) is 0. The number of allylic oxidation sites excluding steroid dienone is 1. The molecule has 3 nitrogen and oxygen atoms in total. The molecular weight excluding hydrogens is 260 g/mol. The van der Waals surface area contributed by atoms with E-state index in [4.69, 9.17) is 0 Å². The van der Waals surface area contributed by atoms with Crippen LogP contribution in [0, 0.1) is 5.41 Å². The van der Waals surface area contributed by atoms with Crippen LogP contribution in [0.4, 0.5) is 5.69 Å². The van der Waals surface area contributed by atoms with Crippen LogP contribution in [0.1, 0.15) is 44.1 Å². The number of hydrogen-bond acceptors (Lipinski definition) is 3. The summed E-state index contributed by atoms with van der Waals surface area (Å²) in [6, 6.07) is 8.68. The van der Waals surface area contributed by atoms with Gasteiger partial charge >= 0.3 is 0 Å². The molecule has 112 valence electrons. The van der Waals surface area contributed by atoms with Gasteiger partial charge in [0, 0.05) is 41.5 Å². The minimum Gasteiger partial charge on any atom is -0.395 e. The fourth-order valence-corrected chi connectivity index (χ4v) is 4.57. The van der Waals surface area contributed by atoms with Crippen molar-refractivity contribution in [2.45, 2.75) is 38.5 Å². The molecule has 0 saturated carbocycles. The third-order valence-corrected chi connectivity index (χ3v) is 5.78. The summed E-state index contributed by atoms with van der Waals surface area (Å²) >= 11 is 0. The van der Waals surface area contributed by atoms with Crippen LogP contribution < -0.4 is 5.32 Å². The fourth-order valence-electron chi connectivity index (χ4n) is 4.57. The quantitative estimate of drug-likeness (QED) is 0.874. The van der Waals surface area contributed by atoms with Gasteiger partial charge in [0.05, 0.1) is 6.61 Å². The number of nitrogens with zero attached hydrogens (tertiary/aromatic N) is 1. The van der Waals surface area contributed by atoms with Crippen molar-refractivity contribution < 1.29 is 5.11 Å². The normalized spacial score (nSPS) is 30.6. The lowest BCUT2D eigenvalue weighted by molar-refractivity contribution is 0.0684. The lowest BCUT2D eigenvalue weighted by Crippen LogP contribution is -2.47. The third-order valence-electron chi connectivity index (χ3n) is 5.78. The number of aliphatic hydroxyl groups is 1. The van der Waals surface area contributed by atoms with Gasteiger partial charge in [-0.1, -0.05) is 25.1 Å². The fraction of sp³-hybridized carbons (Fsp3) is 0.556. The topological polar surface area (TPSA) is 35.5 Å². The number of hydrogen-bond donors (Lipinski definition) is 2. The molecule has 0 spiro atoms. The van der Waals surface area contributed by atoms with Gasteiger partial charge in [-0.3, -0.25) is 0 Å². The van der Waals surface area contributed by atoms with Crippen LogP contribution in [-0.4, -0.2) is 29.7 Å². The molecule has 4 rings (SSSR count). The van der Waals surface area contributed by atoms with E-state index < -0.39 is 0 Å². The number of para-hydroxylation sites is 1. The van der Waals surface area contributed by atoms with Crippen LogP contribution in [-0.2, 0) is 0 Å². The van der Waals surface area contributed by atoms with Crippen LogP contribution in [0.15, 0.2) is 35.7 Å². The Labute approximate surface area is 126 Å². The SMILES string of the molecule is CCC1(CO)CCCN2CCC3C(=C21)Nc1ccccc13. The number of benzene rings is 1. The summed E-state index contributed by atoms with van der Waals surface area (Å²) in [5.74, 6) is 0.503. The number of nitrogens with one attached hydrogen (secondary N) is 1. The lowest BCUT2D eigenvalue weighted by atomic mass is 9.71. The maximum atomic E-state index is 10.1. The number of rotatable bonds is 2. The van der Waals surface area contributed by atoms with E-state index in [2.05, 4.69) is 41.4 Å². The second-order valence-electron chi connectivity index (χ2n) is 6.70. The molecular formula is C18H24N2O. The van der Waals surface area contributed by atoms with Gasteiger partial charge in [0.2, 0.25) is 0 Å². The number of fused-ring (bicyclic) bond motifs is 4. The highest BCUT2D eigenvalue weighted by molar-refractivity contribution is 5.66. The van der Waals surface area contributed by atoms with Gasteiger partial charge in [0.1, 0.15) is 0 Å². The largest absolute Gasteiger partial charge is 0.395 e. The van der Waals surface area contributed by atoms with E-state index in [0.717, 1.165) is 25.9 Å². The van der Waals surface area contributed by atoms with Gasteiger partial charge < -0.3 is 15.3 Å². The third kappa shape index (κ3) is 1.76. The Balaban J connectivity index is 1.87. The second-order valence-corrected chi connectivity index (χ2v) is 6.70. The summed E-state index contributed by atoms with van der Waals surface area (Å²) in [5, 5.41) is 13.8. The first-order valence-electron chi connectivity index (χ1n) is 8.25. The molecule has 3 heterocycles. The molecule has 0 aromatic heterocycles. The minimum absolute atomic E-state index is 0.0404. The Morgan fingerprint density at radius 3 is 3.00 bits per heavy atom. The van der Waals surface area contributed by atoms with Crippen LogP contribution in [0.5, 0.6) is 0 Å². The zero-order valence-electron chi connectivity index (χ0n) is 12.7. The first kappa shape index (κ1) is 13.2. The molecule has 1 aromatic carbocycles. The van der Waals surface area contributed by atoms with E-state index in [1.165, 1.54) is 35.5 Å². The van der Waals surface area contributed by atoms with E-state index >= 15 is 0 Å². The minimum atomic E-state index is -0.0404. The Morgan fingerprint density at radius 1 is 1.33 bits per heavy atom. The number of anilines is 1. The molecule has 21 heavy (non-hydrogen) atoms. The lowest BCUT2D eigenvalue weighted by Gasteiger charge is -2.49. The van der Waals surface area contributed by atoms with E-state index in [1.54, 1.807) is 0 Å². The average Bonchev–Trinajstić information content (AvgIpc) is 2.92. The van der Waals surface area contributed by atoms with Crippen molar-refractivity contribution in [2.75, 3.05) is 25.0 Å². The zero-order valence-corrected chi connectivity index (χ0v) is 12.7. The summed E-state index contributed by atoms with van der Waals surface area (Å²) in [6.45, 7) is 4.76. The molecule has 3 aliphatic rings. The first-order valence-corrected chi connectivity index (χ1v) is 8.25. The Kier molecular flexibility index (Phi) is 3.00. The molecule has 0 aliphatic carbocycles. The Hall–Kier alpha value is -1.48. The first-order chi connectivity index (χ1) is 10.3. The predicted octanol–water partition coefficient (Wildman–Crippen LogP) is 3.30. The van der Waals surface area contributed by atoms with Crippen molar-refractivity contribution in [1.29, 1.82) is 0 Å². The monoisotopic (exact) mass is 284 g/mol. The molecule has 1 aromatic rings. The maximum absolute atomic E-state index is 10.1. The molecule has 1 saturated heterocycles. The molecule has 2 unspecified atom stereocenters. The number of aliphatic hydroxyl groups excluding tert-OH is 1. The molecule has 1 fully saturated rings. The van der Waals surface area contributed by atoms with Crippen LogP contribution >= 0.6 is 0 Å². The second kappa shape index (κ2) is 4.77. The zero-order chi connectivity index (χ0) is 14.4. The molecule has 2 atom stereocenters. The highest BCUT2D eigenvalue weighted by Gasteiger charge is 2.45. The highest BCUT2D eigenvalue weighted by atomic mass is 16.3. The van der Waals surface area contributed by atoms with Crippen molar-refractivity contribution in [2.24, 2.45) is 5.41 Å². The molecule has 3 aliphatic heterocycles. The molecule has 0 amide bonds. The van der Waals surface area contributed by atoms with Gasteiger partial charge in [-0.25, -0.2) is 0 Å². The van der Waals surface area contributed by atoms with Gasteiger partial charge in [-0.05, 0) is 37.3 Å². The standard InChI is InChI=1S/C18H24N2O/c1-2-18(12-21)9-5-10-20-11-8-14-13-6-3-4-7-15(13)19-16(14)17(18)20/h3-4,6-7,14,19,21H,2,5,8-12H2,1H3. The molecule has 2 N–H and O–H groups in total. The van der Waals surface area contributed by atoms with E-state index in [0.29, 0.717) is 5.92 Å². The van der Waals surface area contributed by atoms with E-state index in [1.807, 2.05) is 0 Å². The highest BCUT2D eigenvalue weighted by Crippen LogP contribution is 2.52. The predicted molar refractivity (Wildman–Crippen MR) is 85.1 cm³/mol. The number of piperidine rings is 1. The van der Waals surface area contributed by atoms with Crippen LogP contribution in [0.3, 0.4) is 0 Å². The molecule has 3 heteroatoms. The smallest absolute Gasteiger partial charge is 0.0542 e. The summed E-state index contributed by atoms with van der Waals surface area (Å²) in [5.41, 5.74) is 5.44. The van der Waals surface area contributed by atoms with Crippen molar-refractivity contribution in [1.82, 2.24) is 4.90 Å². The van der Waals surface area contributed by atoms with Gasteiger partial charge in [-0.15, -0.1) is 0 Å². The molecule has 0 radical (unpaired) electrons. The van der Waals surface area contributed by atoms with Gasteiger partial charge in [0.25, 0.3) is 0 Å². The Morgan fingerprint density at radius 2 is 2.19 bits per heavy atom. The maximum Gasteiger partial charge on any atom is 0.0542 e. The van der Waals surface area contributed by atoms with E-state index in [9.17, 15) is 5.11 Å². The van der Waals surface area contributed by atoms with Crippen molar-refractivity contribution in [3.8, 4) is 0 Å². The Bertz CT molecular complexity index is 589. The average molecular weight is 284 g/mol. The van der Waals surface area contributed by atoms with E-state index in [-0.39, 0.29) is 12.0 Å². The van der Waals surface area contributed by atoms with Crippen molar-refractivity contribution in [3.05, 3.63) is 41.2 Å². The van der Waals surface area contributed by atoms with Gasteiger partial charge in [0.15, 0.2) is 0 Å². The van der Waals surface area contributed by atoms with Crippen LogP contribution in [0.25, 0.3) is 0 Å². The van der Waals surface area contributed by atoms with Crippen LogP contribution in [0.2, 0.25) is 0 Å².